The van der Waals surface area contributed by atoms with Gasteiger partial charge >= 0.3 is 0 Å². The molecule has 0 radical (unpaired) electrons. The van der Waals surface area contributed by atoms with Crippen molar-refractivity contribution in [2.45, 2.75) is 13.0 Å². The van der Waals surface area contributed by atoms with E-state index in [-0.39, 0.29) is 0 Å². The second-order valence-electron chi connectivity index (χ2n) is 2.62. The molecular weight excluding hydrogens is 146 g/mol. The van der Waals surface area contributed by atoms with Crippen LogP contribution in [0.3, 0.4) is 0 Å². The molecule has 0 amide bonds. The smallest absolute Gasteiger partial charge is 0.216 e. The van der Waals surface area contributed by atoms with Gasteiger partial charge in [-0.2, -0.15) is 0 Å². The molecule has 0 saturated heterocycles. The predicted molar refractivity (Wildman–Crippen MR) is 36.0 cm³/mol. The minimum atomic E-state index is 0.442. The molecule has 0 aliphatic carbocycles. The maximum absolute atomic E-state index is 10.8. The van der Waals surface area contributed by atoms with Crippen LogP contribution in [0, 0.1) is 5.21 Å². The number of aromatic nitrogens is 2. The van der Waals surface area contributed by atoms with Gasteiger partial charge in [-0.05, 0) is 17.8 Å². The Bertz CT molecular complexity index is 282. The lowest BCUT2D eigenvalue weighted by Crippen LogP contribution is -2.36. The molecule has 0 bridgehead atoms. The van der Waals surface area contributed by atoms with Gasteiger partial charge in [0.15, 0.2) is 0 Å². The van der Waals surface area contributed by atoms with Crippen LogP contribution >= 0.6 is 0 Å². The van der Waals surface area contributed by atoms with Gasteiger partial charge in [0.25, 0.3) is 0 Å². The predicted octanol–water partition coefficient (Wildman–Crippen LogP) is -0.996. The average Bonchev–Trinajstić information content (AvgIpc) is 2.30. The Morgan fingerprint density at radius 1 is 1.73 bits per heavy atom. The maximum Gasteiger partial charge on any atom is 0.216 e. The lowest BCUT2D eigenvalue weighted by Gasteiger charge is -2.09. The molecule has 0 unspecified atom stereocenters. The molecule has 1 aliphatic heterocycles. The summed E-state index contributed by atoms with van der Waals surface area (Å²) < 4.78 is 0. The first-order valence-electron chi connectivity index (χ1n) is 3.52. The molecule has 1 aromatic heterocycles. The van der Waals surface area contributed by atoms with E-state index in [1.807, 2.05) is 0 Å². The minimum absolute atomic E-state index is 0.442. The molecule has 11 heavy (non-hydrogen) atoms. The average molecular weight is 155 g/mol. The Hall–Kier alpha value is -1.23. The topological polar surface area (TPSA) is 64.1 Å². The van der Waals surface area contributed by atoms with E-state index in [2.05, 4.69) is 5.32 Å². The highest BCUT2D eigenvalue weighted by atomic mass is 16.6. The monoisotopic (exact) mass is 155 g/mol. The molecule has 2 N–H and O–H groups in total. The molecule has 0 atom stereocenters. The fourth-order valence-corrected chi connectivity index (χ4v) is 1.33. The van der Waals surface area contributed by atoms with E-state index >= 15 is 0 Å². The van der Waals surface area contributed by atoms with E-state index < -0.39 is 0 Å². The van der Waals surface area contributed by atoms with Crippen LogP contribution in [-0.4, -0.2) is 16.6 Å². The van der Waals surface area contributed by atoms with Gasteiger partial charge in [0, 0.05) is 11.4 Å². The third-order valence-electron chi connectivity index (χ3n) is 1.93. The first kappa shape index (κ1) is 6.48. The van der Waals surface area contributed by atoms with Crippen molar-refractivity contribution < 1.29 is 10.1 Å². The SMILES string of the molecule is [O-][n+]1cc2c(n1O)CNCC2. The van der Waals surface area contributed by atoms with Crippen molar-refractivity contribution >= 4 is 0 Å². The van der Waals surface area contributed by atoms with Gasteiger partial charge in [-0.15, -0.1) is 0 Å². The van der Waals surface area contributed by atoms with E-state index in [4.69, 9.17) is 5.21 Å². The zero-order valence-corrected chi connectivity index (χ0v) is 5.95. The third kappa shape index (κ3) is 0.848. The molecule has 60 valence electrons. The Labute approximate surface area is 63.4 Å². The largest absolute Gasteiger partial charge is 0.594 e. The highest BCUT2D eigenvalue weighted by Crippen LogP contribution is 2.09. The van der Waals surface area contributed by atoms with Crippen molar-refractivity contribution in [3.63, 3.8) is 0 Å². The molecule has 0 saturated carbocycles. The Kier molecular flexibility index (Phi) is 1.25. The molecule has 1 aromatic rings. The van der Waals surface area contributed by atoms with Crippen molar-refractivity contribution in [1.29, 1.82) is 0 Å². The van der Waals surface area contributed by atoms with E-state index in [0.29, 0.717) is 21.9 Å². The Morgan fingerprint density at radius 3 is 3.27 bits per heavy atom. The Morgan fingerprint density at radius 2 is 2.55 bits per heavy atom. The van der Waals surface area contributed by atoms with Crippen LogP contribution in [0.2, 0.25) is 0 Å². The molecule has 0 spiro atoms. The van der Waals surface area contributed by atoms with Crippen LogP contribution in [0.25, 0.3) is 0 Å². The Balaban J connectivity index is 2.50. The number of fused-ring (bicyclic) bond motifs is 1. The van der Waals surface area contributed by atoms with Gasteiger partial charge < -0.3 is 15.7 Å². The van der Waals surface area contributed by atoms with Crippen LogP contribution < -0.4 is 10.2 Å². The van der Waals surface area contributed by atoms with E-state index in [0.717, 1.165) is 18.5 Å². The third-order valence-corrected chi connectivity index (χ3v) is 1.93. The maximum atomic E-state index is 10.8. The van der Waals surface area contributed by atoms with E-state index in [9.17, 15) is 5.21 Å². The molecule has 1 aliphatic rings. The van der Waals surface area contributed by atoms with Crippen molar-refractivity contribution in [3.05, 3.63) is 22.7 Å². The molecule has 2 heterocycles. The first-order chi connectivity index (χ1) is 5.29. The molecule has 5 nitrogen and oxygen atoms in total. The van der Waals surface area contributed by atoms with Crippen molar-refractivity contribution in [2.24, 2.45) is 0 Å². The van der Waals surface area contributed by atoms with Crippen molar-refractivity contribution in [1.82, 2.24) is 10.2 Å². The molecule has 0 aromatic carbocycles. The summed E-state index contributed by atoms with van der Waals surface area (Å²) in [5, 5.41) is 23.0. The molecule has 0 fully saturated rings. The van der Waals surface area contributed by atoms with Gasteiger partial charge in [-0.3, -0.25) is 0 Å². The first-order valence-corrected chi connectivity index (χ1v) is 3.52. The summed E-state index contributed by atoms with van der Waals surface area (Å²) in [4.78, 5) is 1.08. The number of rotatable bonds is 0. The summed E-state index contributed by atoms with van der Waals surface area (Å²) in [5.41, 5.74) is 1.60. The number of nitrogens with one attached hydrogen (secondary N) is 1. The number of hydrogen-bond acceptors (Lipinski definition) is 3. The van der Waals surface area contributed by atoms with Crippen LogP contribution in [-0.2, 0) is 13.0 Å². The highest BCUT2D eigenvalue weighted by Gasteiger charge is 2.20. The zero-order valence-electron chi connectivity index (χ0n) is 5.95. The summed E-state index contributed by atoms with van der Waals surface area (Å²) in [6, 6.07) is 0. The summed E-state index contributed by atoms with van der Waals surface area (Å²) in [5.74, 6) is 0. The minimum Gasteiger partial charge on any atom is -0.594 e. The van der Waals surface area contributed by atoms with Crippen LogP contribution in [0.1, 0.15) is 11.3 Å². The summed E-state index contributed by atoms with van der Waals surface area (Å²) in [6.07, 6.45) is 2.22. The summed E-state index contributed by atoms with van der Waals surface area (Å²) >= 11 is 0. The zero-order chi connectivity index (χ0) is 7.84. The van der Waals surface area contributed by atoms with Crippen LogP contribution in [0.5, 0.6) is 0 Å². The standard InChI is InChI=1S/C6H9N3O2/c10-8-4-5-1-2-7-3-6(5)9(8)11/h4,7,11H,1-3H2. The van der Waals surface area contributed by atoms with Crippen molar-refractivity contribution in [3.8, 4) is 0 Å². The summed E-state index contributed by atoms with van der Waals surface area (Å²) in [7, 11) is 0. The summed E-state index contributed by atoms with van der Waals surface area (Å²) in [6.45, 7) is 1.44. The quantitative estimate of drug-likeness (QED) is 0.287. The van der Waals surface area contributed by atoms with E-state index in [1.165, 1.54) is 6.20 Å². The highest BCUT2D eigenvalue weighted by molar-refractivity contribution is 5.17. The van der Waals surface area contributed by atoms with Crippen LogP contribution in [0.15, 0.2) is 6.20 Å². The van der Waals surface area contributed by atoms with Gasteiger partial charge in [-0.25, -0.2) is 0 Å². The van der Waals surface area contributed by atoms with Gasteiger partial charge in [0.1, 0.15) is 5.69 Å². The van der Waals surface area contributed by atoms with Gasteiger partial charge in [0.2, 0.25) is 6.20 Å². The fourth-order valence-electron chi connectivity index (χ4n) is 1.33. The normalized spacial score (nSPS) is 16.4. The van der Waals surface area contributed by atoms with Gasteiger partial charge in [-0.1, -0.05) is 0 Å². The lowest BCUT2D eigenvalue weighted by molar-refractivity contribution is -0.726. The van der Waals surface area contributed by atoms with E-state index in [1.54, 1.807) is 0 Å². The van der Waals surface area contributed by atoms with Crippen LogP contribution in [0.4, 0.5) is 0 Å². The van der Waals surface area contributed by atoms with Gasteiger partial charge in [0.05, 0.1) is 5.56 Å². The molecule has 2 rings (SSSR count). The second-order valence-corrected chi connectivity index (χ2v) is 2.62. The fraction of sp³-hybridized carbons (Fsp3) is 0.500. The number of hydrogen-bond donors (Lipinski definition) is 2. The molecular formula is C6H9N3O2. The lowest BCUT2D eigenvalue weighted by atomic mass is 10.1. The second kappa shape index (κ2) is 2.13. The molecule has 5 heteroatoms. The van der Waals surface area contributed by atoms with Crippen molar-refractivity contribution in [2.75, 3.05) is 6.54 Å². The number of nitrogens with zero attached hydrogens (tertiary/aromatic N) is 2.